The van der Waals surface area contributed by atoms with Crippen molar-refractivity contribution in [3.05, 3.63) is 33.8 Å². The number of benzene rings is 1. The second-order valence-corrected chi connectivity index (χ2v) is 3.03. The van der Waals surface area contributed by atoms with E-state index in [1.807, 2.05) is 6.07 Å². The standard InChI is InChI=1S/C8H6Cl2N2/c9-6-3-1-2-5(8(6)10)7(12)4-11/h1-3,7H,12H2/t7-/m0/s1. The van der Waals surface area contributed by atoms with E-state index < -0.39 is 6.04 Å². The Labute approximate surface area is 80.5 Å². The third kappa shape index (κ3) is 1.70. The van der Waals surface area contributed by atoms with Crippen LogP contribution in [0.15, 0.2) is 18.2 Å². The molecule has 1 aromatic rings. The summed E-state index contributed by atoms with van der Waals surface area (Å²) in [6.45, 7) is 0. The molecule has 0 unspecified atom stereocenters. The molecule has 2 N–H and O–H groups in total. The molecule has 0 bridgehead atoms. The maximum absolute atomic E-state index is 8.53. The average molecular weight is 201 g/mol. The van der Waals surface area contributed by atoms with Gasteiger partial charge in [-0.3, -0.25) is 0 Å². The Morgan fingerprint density at radius 3 is 2.67 bits per heavy atom. The summed E-state index contributed by atoms with van der Waals surface area (Å²) in [4.78, 5) is 0. The summed E-state index contributed by atoms with van der Waals surface area (Å²) in [7, 11) is 0. The fraction of sp³-hybridized carbons (Fsp3) is 0.125. The Balaban J connectivity index is 3.18. The van der Waals surface area contributed by atoms with Crippen molar-refractivity contribution < 1.29 is 0 Å². The molecule has 0 heterocycles. The van der Waals surface area contributed by atoms with E-state index in [0.717, 1.165) is 0 Å². The predicted octanol–water partition coefficient (Wildman–Crippen LogP) is 2.52. The summed E-state index contributed by atoms with van der Waals surface area (Å²) in [6, 6.07) is 6.21. The Morgan fingerprint density at radius 2 is 2.08 bits per heavy atom. The van der Waals surface area contributed by atoms with Crippen LogP contribution in [0.5, 0.6) is 0 Å². The second-order valence-electron chi connectivity index (χ2n) is 2.25. The number of rotatable bonds is 1. The quantitative estimate of drug-likeness (QED) is 0.758. The molecular formula is C8H6Cl2N2. The molecular weight excluding hydrogens is 195 g/mol. The number of hydrogen-bond acceptors (Lipinski definition) is 2. The lowest BCUT2D eigenvalue weighted by Crippen LogP contribution is -2.07. The largest absolute Gasteiger partial charge is 0.312 e. The van der Waals surface area contributed by atoms with Crippen molar-refractivity contribution in [1.29, 1.82) is 5.26 Å². The van der Waals surface area contributed by atoms with Crippen LogP contribution in [0.3, 0.4) is 0 Å². The molecule has 0 aromatic heterocycles. The summed E-state index contributed by atoms with van der Waals surface area (Å²) in [5.41, 5.74) is 6.02. The average Bonchev–Trinajstić information content (AvgIpc) is 2.08. The lowest BCUT2D eigenvalue weighted by Gasteiger charge is -2.05. The summed E-state index contributed by atoms with van der Waals surface area (Å²) in [6.07, 6.45) is 0. The highest BCUT2D eigenvalue weighted by molar-refractivity contribution is 6.42. The molecule has 0 radical (unpaired) electrons. The van der Waals surface area contributed by atoms with Crippen LogP contribution in [0.2, 0.25) is 10.0 Å². The maximum Gasteiger partial charge on any atom is 0.120 e. The second kappa shape index (κ2) is 3.77. The van der Waals surface area contributed by atoms with Crippen LogP contribution >= 0.6 is 23.2 Å². The zero-order valence-electron chi connectivity index (χ0n) is 6.09. The molecule has 0 aliphatic rings. The Morgan fingerprint density at radius 1 is 1.42 bits per heavy atom. The van der Waals surface area contributed by atoms with Gasteiger partial charge in [-0.15, -0.1) is 0 Å². The first-order valence-electron chi connectivity index (χ1n) is 3.26. The van der Waals surface area contributed by atoms with Gasteiger partial charge in [-0.25, -0.2) is 0 Å². The Hall–Kier alpha value is -0.750. The molecule has 0 saturated carbocycles. The van der Waals surface area contributed by atoms with Crippen molar-refractivity contribution >= 4 is 23.2 Å². The van der Waals surface area contributed by atoms with Crippen molar-refractivity contribution in [2.45, 2.75) is 6.04 Å². The van der Waals surface area contributed by atoms with E-state index in [4.69, 9.17) is 34.2 Å². The van der Waals surface area contributed by atoms with E-state index >= 15 is 0 Å². The normalized spacial score (nSPS) is 12.2. The van der Waals surface area contributed by atoms with E-state index in [1.165, 1.54) is 0 Å². The van der Waals surface area contributed by atoms with Gasteiger partial charge in [0.25, 0.3) is 0 Å². The van der Waals surface area contributed by atoms with E-state index in [9.17, 15) is 0 Å². The van der Waals surface area contributed by atoms with Crippen molar-refractivity contribution in [3.8, 4) is 6.07 Å². The summed E-state index contributed by atoms with van der Waals surface area (Å²) < 4.78 is 0. The molecule has 1 aromatic carbocycles. The molecule has 2 nitrogen and oxygen atoms in total. The van der Waals surface area contributed by atoms with Gasteiger partial charge in [0.05, 0.1) is 16.1 Å². The first-order valence-corrected chi connectivity index (χ1v) is 4.01. The van der Waals surface area contributed by atoms with Crippen LogP contribution in [0.25, 0.3) is 0 Å². The van der Waals surface area contributed by atoms with Crippen molar-refractivity contribution in [2.75, 3.05) is 0 Å². The fourth-order valence-electron chi connectivity index (χ4n) is 0.830. The highest BCUT2D eigenvalue weighted by Crippen LogP contribution is 2.28. The van der Waals surface area contributed by atoms with Gasteiger partial charge in [0.15, 0.2) is 0 Å². The highest BCUT2D eigenvalue weighted by Gasteiger charge is 2.10. The van der Waals surface area contributed by atoms with Gasteiger partial charge < -0.3 is 5.73 Å². The SMILES string of the molecule is N#C[C@H](N)c1cccc(Cl)c1Cl. The number of nitrogens with two attached hydrogens (primary N) is 1. The lowest BCUT2D eigenvalue weighted by molar-refractivity contribution is 0.927. The van der Waals surface area contributed by atoms with Gasteiger partial charge in [0, 0.05) is 5.56 Å². The predicted molar refractivity (Wildman–Crippen MR) is 49.0 cm³/mol. The third-order valence-corrected chi connectivity index (χ3v) is 2.29. The third-order valence-electron chi connectivity index (χ3n) is 1.46. The minimum Gasteiger partial charge on any atom is -0.312 e. The van der Waals surface area contributed by atoms with E-state index in [-0.39, 0.29) is 0 Å². The maximum atomic E-state index is 8.53. The van der Waals surface area contributed by atoms with Gasteiger partial charge in [-0.1, -0.05) is 35.3 Å². The van der Waals surface area contributed by atoms with E-state index in [0.29, 0.717) is 15.6 Å². The molecule has 0 aliphatic heterocycles. The minimum atomic E-state index is -0.712. The fourth-order valence-corrected chi connectivity index (χ4v) is 1.26. The van der Waals surface area contributed by atoms with E-state index in [1.54, 1.807) is 18.2 Å². The smallest absolute Gasteiger partial charge is 0.120 e. The summed E-state index contributed by atoms with van der Waals surface area (Å²) in [5.74, 6) is 0. The van der Waals surface area contributed by atoms with Crippen LogP contribution < -0.4 is 5.73 Å². The Kier molecular flexibility index (Phi) is 2.93. The number of nitrogens with zero attached hydrogens (tertiary/aromatic N) is 1. The zero-order valence-corrected chi connectivity index (χ0v) is 7.60. The molecule has 1 atom stereocenters. The number of nitriles is 1. The van der Waals surface area contributed by atoms with Crippen LogP contribution in [0.1, 0.15) is 11.6 Å². The van der Waals surface area contributed by atoms with Crippen LogP contribution in [-0.2, 0) is 0 Å². The van der Waals surface area contributed by atoms with Gasteiger partial charge in [0.1, 0.15) is 6.04 Å². The van der Waals surface area contributed by atoms with Gasteiger partial charge in [0.2, 0.25) is 0 Å². The van der Waals surface area contributed by atoms with E-state index in [2.05, 4.69) is 0 Å². The Bertz CT molecular complexity index is 330. The first-order chi connectivity index (χ1) is 5.66. The van der Waals surface area contributed by atoms with Crippen molar-refractivity contribution in [3.63, 3.8) is 0 Å². The van der Waals surface area contributed by atoms with Crippen LogP contribution in [0, 0.1) is 11.3 Å². The highest BCUT2D eigenvalue weighted by atomic mass is 35.5. The molecule has 12 heavy (non-hydrogen) atoms. The van der Waals surface area contributed by atoms with Gasteiger partial charge >= 0.3 is 0 Å². The first kappa shape index (κ1) is 9.34. The molecule has 0 fully saturated rings. The monoisotopic (exact) mass is 200 g/mol. The molecule has 0 amide bonds. The minimum absolute atomic E-state index is 0.355. The van der Waals surface area contributed by atoms with Crippen LogP contribution in [-0.4, -0.2) is 0 Å². The van der Waals surface area contributed by atoms with Crippen LogP contribution in [0.4, 0.5) is 0 Å². The molecule has 1 rings (SSSR count). The molecule has 0 saturated heterocycles. The zero-order chi connectivity index (χ0) is 9.14. The summed E-state index contributed by atoms with van der Waals surface area (Å²) in [5, 5.41) is 9.30. The molecule has 62 valence electrons. The molecule has 0 aliphatic carbocycles. The molecule has 0 spiro atoms. The van der Waals surface area contributed by atoms with Gasteiger partial charge in [-0.2, -0.15) is 5.26 Å². The van der Waals surface area contributed by atoms with Gasteiger partial charge in [-0.05, 0) is 6.07 Å². The lowest BCUT2D eigenvalue weighted by atomic mass is 10.1. The van der Waals surface area contributed by atoms with Crippen molar-refractivity contribution in [2.24, 2.45) is 5.73 Å². The molecule has 4 heteroatoms. The van der Waals surface area contributed by atoms with Crippen molar-refractivity contribution in [1.82, 2.24) is 0 Å². The topological polar surface area (TPSA) is 49.8 Å². The number of halogens is 2. The number of hydrogen-bond donors (Lipinski definition) is 1. The summed E-state index contributed by atoms with van der Waals surface area (Å²) >= 11 is 11.5.